The summed E-state index contributed by atoms with van der Waals surface area (Å²) >= 11 is 0. The van der Waals surface area contributed by atoms with Crippen molar-refractivity contribution in [2.45, 2.75) is 57.9 Å². The molecule has 184 valence electrons. The first-order valence-corrected chi connectivity index (χ1v) is 12.6. The molecule has 0 radical (unpaired) electrons. The topological polar surface area (TPSA) is 89.4 Å². The van der Waals surface area contributed by atoms with Gasteiger partial charge in [-0.05, 0) is 42.9 Å². The molecule has 0 aromatic carbocycles. The minimum Gasteiger partial charge on any atom is -0.493 e. The van der Waals surface area contributed by atoms with E-state index in [0.717, 1.165) is 43.0 Å². The number of nitrogens with zero attached hydrogens (tertiary/aromatic N) is 4. The quantitative estimate of drug-likeness (QED) is 0.405. The molecule has 2 unspecified atom stereocenters. The molecule has 4 aromatic rings. The number of methoxy groups -OCH3 is 1. The standard InChI is InChI=1S/C27H34N6O2/c1-16(2)24-20-9-21(17-5-6-19(7-17)29-12-27(3)13-35-14-27)28-10-22(20)32-25(24)18-8-23(34-4)26-30-15-31-33(26)11-18/h8-11,15-17,19,29,32H,5-7,12-14H2,1-4H3. The van der Waals surface area contributed by atoms with Crippen molar-refractivity contribution in [3.8, 4) is 17.0 Å². The normalized spacial score (nSPS) is 21.7. The van der Waals surface area contributed by atoms with Crippen molar-refractivity contribution in [3.05, 3.63) is 42.1 Å². The van der Waals surface area contributed by atoms with Crippen LogP contribution in [0.3, 0.4) is 0 Å². The summed E-state index contributed by atoms with van der Waals surface area (Å²) in [6.07, 6.45) is 9.10. The van der Waals surface area contributed by atoms with Crippen LogP contribution in [0.15, 0.2) is 30.9 Å². The SMILES string of the molecule is COc1cc(-c2[nH]c3cnc(C4CCC(NCC5(C)COC5)C4)cc3c2C(C)C)cn2ncnc12. The Kier molecular flexibility index (Phi) is 5.53. The fourth-order valence-electron chi connectivity index (χ4n) is 5.74. The molecule has 35 heavy (non-hydrogen) atoms. The van der Waals surface area contributed by atoms with Gasteiger partial charge in [-0.25, -0.2) is 9.50 Å². The highest BCUT2D eigenvalue weighted by Gasteiger charge is 2.35. The molecule has 1 aliphatic carbocycles. The van der Waals surface area contributed by atoms with Crippen LogP contribution in [0.4, 0.5) is 0 Å². The van der Waals surface area contributed by atoms with Crippen LogP contribution in [0.1, 0.15) is 63.1 Å². The number of rotatable bonds is 7. The highest BCUT2D eigenvalue weighted by atomic mass is 16.5. The monoisotopic (exact) mass is 474 g/mol. The fraction of sp³-hybridized carbons (Fsp3) is 0.519. The average Bonchev–Trinajstić information content (AvgIpc) is 3.58. The number of hydrogen-bond donors (Lipinski definition) is 2. The maximum absolute atomic E-state index is 5.61. The molecule has 5 heterocycles. The molecular formula is C27H34N6O2. The van der Waals surface area contributed by atoms with Gasteiger partial charge in [0.05, 0.1) is 37.7 Å². The lowest BCUT2D eigenvalue weighted by Crippen LogP contribution is -2.49. The molecule has 6 rings (SSSR count). The Hall–Kier alpha value is -2.97. The van der Waals surface area contributed by atoms with Crippen LogP contribution in [-0.4, -0.2) is 57.5 Å². The van der Waals surface area contributed by atoms with Gasteiger partial charge in [-0.3, -0.25) is 4.98 Å². The average molecular weight is 475 g/mol. The zero-order valence-corrected chi connectivity index (χ0v) is 21.0. The molecule has 1 saturated heterocycles. The summed E-state index contributed by atoms with van der Waals surface area (Å²) in [7, 11) is 1.67. The number of ether oxygens (including phenoxy) is 2. The number of fused-ring (bicyclic) bond motifs is 2. The Labute approximate surface area is 205 Å². The summed E-state index contributed by atoms with van der Waals surface area (Å²) in [6, 6.07) is 4.92. The van der Waals surface area contributed by atoms with Crippen LogP contribution < -0.4 is 10.1 Å². The van der Waals surface area contributed by atoms with Crippen LogP contribution in [0.5, 0.6) is 5.75 Å². The summed E-state index contributed by atoms with van der Waals surface area (Å²) in [4.78, 5) is 12.9. The van der Waals surface area contributed by atoms with E-state index in [1.54, 1.807) is 18.0 Å². The molecule has 8 nitrogen and oxygen atoms in total. The molecule has 2 fully saturated rings. The minimum atomic E-state index is 0.306. The van der Waals surface area contributed by atoms with Gasteiger partial charge in [0.2, 0.25) is 0 Å². The summed E-state index contributed by atoms with van der Waals surface area (Å²) < 4.78 is 12.8. The van der Waals surface area contributed by atoms with Crippen LogP contribution in [0.2, 0.25) is 0 Å². The Morgan fingerprint density at radius 1 is 1.26 bits per heavy atom. The van der Waals surface area contributed by atoms with Gasteiger partial charge >= 0.3 is 0 Å². The summed E-state index contributed by atoms with van der Waals surface area (Å²) in [5.74, 6) is 1.54. The van der Waals surface area contributed by atoms with E-state index in [1.165, 1.54) is 29.5 Å². The molecule has 4 aromatic heterocycles. The molecule has 2 atom stereocenters. The lowest BCUT2D eigenvalue weighted by atomic mass is 9.88. The number of aromatic amines is 1. The Morgan fingerprint density at radius 2 is 2.11 bits per heavy atom. The number of aromatic nitrogens is 5. The van der Waals surface area contributed by atoms with Crippen molar-refractivity contribution < 1.29 is 9.47 Å². The lowest BCUT2D eigenvalue weighted by molar-refractivity contribution is -0.0999. The number of pyridine rings is 2. The van der Waals surface area contributed by atoms with Gasteiger partial charge in [-0.1, -0.05) is 20.8 Å². The highest BCUT2D eigenvalue weighted by Crippen LogP contribution is 2.40. The van der Waals surface area contributed by atoms with E-state index in [9.17, 15) is 0 Å². The van der Waals surface area contributed by atoms with E-state index in [2.05, 4.69) is 47.2 Å². The van der Waals surface area contributed by atoms with Gasteiger partial charge < -0.3 is 19.8 Å². The van der Waals surface area contributed by atoms with Crippen LogP contribution >= 0.6 is 0 Å². The molecule has 8 heteroatoms. The molecule has 2 aliphatic rings. The van der Waals surface area contributed by atoms with Crippen LogP contribution in [0.25, 0.3) is 27.8 Å². The Balaban J connectivity index is 1.31. The van der Waals surface area contributed by atoms with E-state index in [0.29, 0.717) is 34.7 Å². The first kappa shape index (κ1) is 22.5. The van der Waals surface area contributed by atoms with E-state index in [1.807, 2.05) is 18.5 Å². The summed E-state index contributed by atoms with van der Waals surface area (Å²) in [6.45, 7) is 9.58. The van der Waals surface area contributed by atoms with Gasteiger partial charge in [0.15, 0.2) is 11.4 Å². The van der Waals surface area contributed by atoms with Gasteiger partial charge in [0.25, 0.3) is 0 Å². The molecule has 0 amide bonds. The summed E-state index contributed by atoms with van der Waals surface area (Å²) in [5.41, 5.74) is 6.71. The van der Waals surface area contributed by atoms with Crippen molar-refractivity contribution in [3.63, 3.8) is 0 Å². The van der Waals surface area contributed by atoms with Gasteiger partial charge in [-0.15, -0.1) is 0 Å². The van der Waals surface area contributed by atoms with Crippen molar-refractivity contribution in [1.29, 1.82) is 0 Å². The summed E-state index contributed by atoms with van der Waals surface area (Å²) in [5, 5.41) is 9.40. The smallest absolute Gasteiger partial charge is 0.197 e. The first-order valence-electron chi connectivity index (χ1n) is 12.6. The number of hydrogen-bond acceptors (Lipinski definition) is 6. The van der Waals surface area contributed by atoms with Gasteiger partial charge in [-0.2, -0.15) is 5.10 Å². The maximum Gasteiger partial charge on any atom is 0.197 e. The second kappa shape index (κ2) is 8.60. The van der Waals surface area contributed by atoms with Crippen molar-refractivity contribution in [1.82, 2.24) is 29.9 Å². The third kappa shape index (κ3) is 3.98. The molecule has 0 bridgehead atoms. The Bertz CT molecular complexity index is 1370. The van der Waals surface area contributed by atoms with E-state index < -0.39 is 0 Å². The maximum atomic E-state index is 5.61. The van der Waals surface area contributed by atoms with Crippen LogP contribution in [0, 0.1) is 5.41 Å². The highest BCUT2D eigenvalue weighted by molar-refractivity contribution is 5.91. The van der Waals surface area contributed by atoms with E-state index >= 15 is 0 Å². The molecule has 1 aliphatic heterocycles. The third-order valence-corrected chi connectivity index (χ3v) is 7.74. The molecule has 0 spiro atoms. The Morgan fingerprint density at radius 3 is 2.86 bits per heavy atom. The first-order chi connectivity index (χ1) is 16.9. The van der Waals surface area contributed by atoms with Crippen molar-refractivity contribution in [2.75, 3.05) is 26.9 Å². The van der Waals surface area contributed by atoms with Crippen LogP contribution in [-0.2, 0) is 4.74 Å². The van der Waals surface area contributed by atoms with E-state index in [4.69, 9.17) is 14.5 Å². The minimum absolute atomic E-state index is 0.306. The van der Waals surface area contributed by atoms with Gasteiger partial charge in [0, 0.05) is 46.8 Å². The second-order valence-corrected chi connectivity index (χ2v) is 10.9. The lowest BCUT2D eigenvalue weighted by Gasteiger charge is -2.39. The number of nitrogens with one attached hydrogen (secondary N) is 2. The molecule has 2 N–H and O–H groups in total. The third-order valence-electron chi connectivity index (χ3n) is 7.74. The van der Waals surface area contributed by atoms with Crippen molar-refractivity contribution >= 4 is 16.6 Å². The second-order valence-electron chi connectivity index (χ2n) is 10.9. The van der Waals surface area contributed by atoms with E-state index in [-0.39, 0.29) is 0 Å². The predicted molar refractivity (Wildman–Crippen MR) is 136 cm³/mol. The fourth-order valence-corrected chi connectivity index (χ4v) is 5.74. The largest absolute Gasteiger partial charge is 0.493 e. The number of H-pyrrole nitrogens is 1. The molecule has 1 saturated carbocycles. The van der Waals surface area contributed by atoms with Gasteiger partial charge in [0.1, 0.15) is 6.33 Å². The zero-order valence-electron chi connectivity index (χ0n) is 21.0. The predicted octanol–water partition coefficient (Wildman–Crippen LogP) is 4.67. The zero-order chi connectivity index (χ0) is 24.2. The molecular weight excluding hydrogens is 440 g/mol. The van der Waals surface area contributed by atoms with Crippen molar-refractivity contribution in [2.24, 2.45) is 5.41 Å².